The molecule has 10 heavy (non-hydrogen) atoms. The molecule has 0 amide bonds. The molecule has 1 atom stereocenters. The molecule has 1 unspecified atom stereocenters. The van der Waals surface area contributed by atoms with Crippen molar-refractivity contribution in [1.82, 2.24) is 10.6 Å². The maximum Gasteiger partial charge on any atom is -0.00262 e. The smallest absolute Gasteiger partial charge is 0.00262 e. The molecule has 0 saturated heterocycles. The van der Waals surface area contributed by atoms with E-state index in [0.29, 0.717) is 0 Å². The van der Waals surface area contributed by atoms with Crippen LogP contribution in [0.1, 0.15) is 19.8 Å². The molecule has 62 valence electrons. The summed E-state index contributed by atoms with van der Waals surface area (Å²) in [4.78, 5) is 0. The normalized spacial score (nSPS) is 13.5. The van der Waals surface area contributed by atoms with Gasteiger partial charge < -0.3 is 10.6 Å². The van der Waals surface area contributed by atoms with E-state index in [1.807, 2.05) is 14.1 Å². The first-order valence-electron chi connectivity index (χ1n) is 4.10. The first kappa shape index (κ1) is 9.92. The third kappa shape index (κ3) is 6.05. The van der Waals surface area contributed by atoms with Gasteiger partial charge >= 0.3 is 0 Å². The van der Waals surface area contributed by atoms with Crippen LogP contribution in [0.5, 0.6) is 0 Å². The molecule has 2 nitrogen and oxygen atoms in total. The number of rotatable bonds is 6. The van der Waals surface area contributed by atoms with Crippen LogP contribution < -0.4 is 10.6 Å². The monoisotopic (exact) mass is 144 g/mol. The third-order valence-corrected chi connectivity index (χ3v) is 1.68. The minimum atomic E-state index is 0.818. The maximum absolute atomic E-state index is 3.17. The summed E-state index contributed by atoms with van der Waals surface area (Å²) in [5.74, 6) is 0.818. The topological polar surface area (TPSA) is 24.1 Å². The van der Waals surface area contributed by atoms with E-state index < -0.39 is 0 Å². The van der Waals surface area contributed by atoms with Crippen molar-refractivity contribution in [1.29, 1.82) is 0 Å². The Labute approximate surface area is 64.4 Å². The van der Waals surface area contributed by atoms with Crippen LogP contribution in [0.2, 0.25) is 0 Å². The van der Waals surface area contributed by atoms with Gasteiger partial charge in [0, 0.05) is 0 Å². The molecule has 0 aromatic carbocycles. The molecule has 0 heterocycles. The summed E-state index contributed by atoms with van der Waals surface area (Å²) in [6.07, 6.45) is 2.61. The molecule has 2 N–H and O–H groups in total. The number of hydrogen-bond acceptors (Lipinski definition) is 2. The summed E-state index contributed by atoms with van der Waals surface area (Å²) >= 11 is 0. The molecule has 0 rings (SSSR count). The van der Waals surface area contributed by atoms with Gasteiger partial charge in [0.2, 0.25) is 0 Å². The van der Waals surface area contributed by atoms with Crippen LogP contribution in [0.25, 0.3) is 0 Å². The van der Waals surface area contributed by atoms with E-state index in [0.717, 1.165) is 19.0 Å². The number of nitrogens with one attached hydrogen (secondary N) is 2. The predicted molar refractivity (Wildman–Crippen MR) is 46.3 cm³/mol. The van der Waals surface area contributed by atoms with E-state index in [9.17, 15) is 0 Å². The predicted octanol–water partition coefficient (Wildman–Crippen LogP) is 0.841. The fraction of sp³-hybridized carbons (Fsp3) is 1.00. The van der Waals surface area contributed by atoms with Crippen molar-refractivity contribution in [2.45, 2.75) is 19.8 Å². The van der Waals surface area contributed by atoms with Gasteiger partial charge in [-0.2, -0.15) is 0 Å². The minimum absolute atomic E-state index is 0.818. The minimum Gasteiger partial charge on any atom is -0.320 e. The fourth-order valence-corrected chi connectivity index (χ4v) is 1.08. The maximum atomic E-state index is 3.17. The van der Waals surface area contributed by atoms with Crippen molar-refractivity contribution in [3.05, 3.63) is 0 Å². The molecule has 0 spiro atoms. The van der Waals surface area contributed by atoms with Crippen LogP contribution >= 0.6 is 0 Å². The molecule has 0 aromatic rings. The molecule has 2 heteroatoms. The summed E-state index contributed by atoms with van der Waals surface area (Å²) in [7, 11) is 4.01. The second-order valence-electron chi connectivity index (χ2n) is 2.91. The van der Waals surface area contributed by atoms with Gasteiger partial charge in [0.05, 0.1) is 0 Å². The molecule has 0 radical (unpaired) electrons. The van der Waals surface area contributed by atoms with Crippen molar-refractivity contribution in [2.75, 3.05) is 27.2 Å². The Morgan fingerprint density at radius 3 is 2.40 bits per heavy atom. The van der Waals surface area contributed by atoms with Crippen LogP contribution in [0.15, 0.2) is 0 Å². The molecule has 0 aliphatic carbocycles. The first-order chi connectivity index (χ1) is 4.81. The van der Waals surface area contributed by atoms with Crippen molar-refractivity contribution in [2.24, 2.45) is 5.92 Å². The summed E-state index contributed by atoms with van der Waals surface area (Å²) in [5, 5.41) is 6.32. The van der Waals surface area contributed by atoms with Crippen molar-refractivity contribution in [3.63, 3.8) is 0 Å². The first-order valence-corrected chi connectivity index (χ1v) is 4.10. The average molecular weight is 144 g/mol. The molecule has 0 bridgehead atoms. The quantitative estimate of drug-likeness (QED) is 0.540. The largest absolute Gasteiger partial charge is 0.320 e. The van der Waals surface area contributed by atoms with Crippen molar-refractivity contribution in [3.8, 4) is 0 Å². The van der Waals surface area contributed by atoms with Crippen LogP contribution in [0.3, 0.4) is 0 Å². The highest BCUT2D eigenvalue weighted by molar-refractivity contribution is 4.55. The lowest BCUT2D eigenvalue weighted by Crippen LogP contribution is -2.17. The molecule has 0 fully saturated rings. The van der Waals surface area contributed by atoms with Gasteiger partial charge in [-0.05, 0) is 45.9 Å². The average Bonchev–Trinajstić information content (AvgIpc) is 1.89. The van der Waals surface area contributed by atoms with E-state index in [1.54, 1.807) is 0 Å². The summed E-state index contributed by atoms with van der Waals surface area (Å²) in [6, 6.07) is 0. The van der Waals surface area contributed by atoms with Gasteiger partial charge in [-0.1, -0.05) is 6.92 Å². The van der Waals surface area contributed by atoms with E-state index in [4.69, 9.17) is 0 Å². The van der Waals surface area contributed by atoms with Gasteiger partial charge in [-0.3, -0.25) is 0 Å². The van der Waals surface area contributed by atoms with E-state index in [2.05, 4.69) is 17.6 Å². The van der Waals surface area contributed by atoms with Crippen LogP contribution in [-0.2, 0) is 0 Å². The lowest BCUT2D eigenvalue weighted by Gasteiger charge is -2.09. The summed E-state index contributed by atoms with van der Waals surface area (Å²) in [5.41, 5.74) is 0. The Kier molecular flexibility index (Phi) is 6.98. The van der Waals surface area contributed by atoms with Crippen LogP contribution in [0, 0.1) is 5.92 Å². The Balaban J connectivity index is 2.97. The Morgan fingerprint density at radius 2 is 1.90 bits per heavy atom. The zero-order valence-electron chi connectivity index (χ0n) is 7.41. The van der Waals surface area contributed by atoms with Gasteiger partial charge in [0.15, 0.2) is 0 Å². The molecule has 0 aliphatic heterocycles. The Hall–Kier alpha value is -0.0800. The zero-order valence-corrected chi connectivity index (χ0v) is 7.41. The summed E-state index contributed by atoms with van der Waals surface area (Å²) < 4.78 is 0. The molecular weight excluding hydrogens is 124 g/mol. The highest BCUT2D eigenvalue weighted by Gasteiger charge is 1.97. The third-order valence-electron chi connectivity index (χ3n) is 1.68. The number of hydrogen-bond donors (Lipinski definition) is 2. The van der Waals surface area contributed by atoms with Crippen molar-refractivity contribution < 1.29 is 0 Å². The van der Waals surface area contributed by atoms with Gasteiger partial charge in [-0.25, -0.2) is 0 Å². The highest BCUT2D eigenvalue weighted by Crippen LogP contribution is 2.01. The van der Waals surface area contributed by atoms with Gasteiger partial charge in [0.25, 0.3) is 0 Å². The van der Waals surface area contributed by atoms with E-state index in [-0.39, 0.29) is 0 Å². The molecule has 0 aromatic heterocycles. The lowest BCUT2D eigenvalue weighted by atomic mass is 10.1. The van der Waals surface area contributed by atoms with Crippen molar-refractivity contribution >= 4 is 0 Å². The Morgan fingerprint density at radius 1 is 1.20 bits per heavy atom. The van der Waals surface area contributed by atoms with Gasteiger partial charge in [0.1, 0.15) is 0 Å². The standard InChI is InChI=1S/C8H20N2/c1-8(7-10-3)5-4-6-9-2/h8-10H,4-7H2,1-3H3. The second kappa shape index (κ2) is 7.03. The fourth-order valence-electron chi connectivity index (χ4n) is 1.08. The highest BCUT2D eigenvalue weighted by atomic mass is 14.8. The zero-order chi connectivity index (χ0) is 7.82. The van der Waals surface area contributed by atoms with Gasteiger partial charge in [-0.15, -0.1) is 0 Å². The van der Waals surface area contributed by atoms with E-state index in [1.165, 1.54) is 12.8 Å². The second-order valence-corrected chi connectivity index (χ2v) is 2.91. The lowest BCUT2D eigenvalue weighted by molar-refractivity contribution is 0.481. The summed E-state index contributed by atoms with van der Waals surface area (Å²) in [6.45, 7) is 4.57. The van der Waals surface area contributed by atoms with Crippen LogP contribution in [0.4, 0.5) is 0 Å². The van der Waals surface area contributed by atoms with Crippen LogP contribution in [-0.4, -0.2) is 27.2 Å². The van der Waals surface area contributed by atoms with E-state index >= 15 is 0 Å². The SMILES string of the molecule is CNCCCC(C)CNC. The molecule has 0 saturated carbocycles. The molecular formula is C8H20N2. The molecule has 0 aliphatic rings. The Bertz CT molecular complexity index is 64.3.